The fraction of sp³-hybridized carbons (Fsp3) is 0.154. The number of carboxylic acid groups (broad SMARTS) is 1. The first-order valence-corrected chi connectivity index (χ1v) is 6.80. The summed E-state index contributed by atoms with van der Waals surface area (Å²) in [6.45, 7) is 0.127. The minimum Gasteiger partial charge on any atom is -0.476 e. The average Bonchev–Trinajstić information content (AvgIpc) is 2.94. The van der Waals surface area contributed by atoms with Crippen LogP contribution in [0.1, 0.15) is 15.5 Å². The van der Waals surface area contributed by atoms with E-state index < -0.39 is 12.0 Å². The Morgan fingerprint density at radius 1 is 1.38 bits per heavy atom. The molecule has 0 aliphatic rings. The van der Waals surface area contributed by atoms with Crippen LogP contribution in [0.2, 0.25) is 0 Å². The number of aromatic nitrogens is 1. The average molecular weight is 309 g/mol. The number of hydrogen-bond donors (Lipinski definition) is 2. The van der Waals surface area contributed by atoms with Crippen LogP contribution in [0.5, 0.6) is 0 Å². The molecule has 1 aromatic carbocycles. The number of nitrogens with zero attached hydrogens (tertiary/aromatic N) is 2. The predicted molar refractivity (Wildman–Crippen MR) is 76.1 cm³/mol. The zero-order valence-electron chi connectivity index (χ0n) is 11.0. The first kappa shape index (κ1) is 14.9. The van der Waals surface area contributed by atoms with Gasteiger partial charge in [0.05, 0.1) is 6.54 Å². The summed E-state index contributed by atoms with van der Waals surface area (Å²) >= 11 is 1.15. The van der Waals surface area contributed by atoms with Crippen LogP contribution in [-0.2, 0) is 6.54 Å². The Morgan fingerprint density at radius 2 is 2.05 bits per heavy atom. The molecule has 2 rings (SSSR count). The van der Waals surface area contributed by atoms with Gasteiger partial charge in [-0.05, 0) is 24.3 Å². The Balaban J connectivity index is 1.94. The maximum atomic E-state index is 12.8. The Hall–Kier alpha value is -2.48. The van der Waals surface area contributed by atoms with Crippen molar-refractivity contribution < 1.29 is 19.1 Å². The second-order valence-electron chi connectivity index (χ2n) is 4.13. The van der Waals surface area contributed by atoms with Gasteiger partial charge in [-0.15, -0.1) is 11.3 Å². The minimum atomic E-state index is -1.10. The molecule has 2 amide bonds. The molecule has 21 heavy (non-hydrogen) atoms. The van der Waals surface area contributed by atoms with E-state index >= 15 is 0 Å². The van der Waals surface area contributed by atoms with Crippen molar-refractivity contribution in [3.63, 3.8) is 0 Å². The van der Waals surface area contributed by atoms with Crippen LogP contribution in [0.15, 0.2) is 29.6 Å². The van der Waals surface area contributed by atoms with Crippen molar-refractivity contribution in [1.29, 1.82) is 0 Å². The van der Waals surface area contributed by atoms with Crippen molar-refractivity contribution in [2.24, 2.45) is 0 Å². The first-order chi connectivity index (χ1) is 9.97. The molecule has 2 N–H and O–H groups in total. The highest BCUT2D eigenvalue weighted by Gasteiger charge is 2.13. The van der Waals surface area contributed by atoms with E-state index in [1.165, 1.54) is 34.5 Å². The van der Waals surface area contributed by atoms with Gasteiger partial charge < -0.3 is 10.4 Å². The van der Waals surface area contributed by atoms with Crippen LogP contribution < -0.4 is 10.2 Å². The molecule has 6 nitrogen and oxygen atoms in total. The molecule has 0 bridgehead atoms. The van der Waals surface area contributed by atoms with Crippen molar-refractivity contribution in [3.8, 4) is 0 Å². The summed E-state index contributed by atoms with van der Waals surface area (Å²) in [6, 6.07) is 5.11. The number of carbonyl (C=O) groups is 2. The van der Waals surface area contributed by atoms with Gasteiger partial charge in [-0.2, -0.15) is 0 Å². The van der Waals surface area contributed by atoms with E-state index in [4.69, 9.17) is 5.11 Å². The quantitative estimate of drug-likeness (QED) is 0.908. The van der Waals surface area contributed by atoms with Gasteiger partial charge in [0.2, 0.25) is 0 Å². The summed E-state index contributed by atoms with van der Waals surface area (Å²) in [5.74, 6) is -1.48. The maximum absolute atomic E-state index is 12.8. The van der Waals surface area contributed by atoms with Crippen LogP contribution in [0.4, 0.5) is 14.9 Å². The van der Waals surface area contributed by atoms with Gasteiger partial charge >= 0.3 is 12.0 Å². The van der Waals surface area contributed by atoms with Crippen LogP contribution in [0, 0.1) is 5.82 Å². The van der Waals surface area contributed by atoms with Gasteiger partial charge in [0.25, 0.3) is 0 Å². The van der Waals surface area contributed by atoms with E-state index in [2.05, 4.69) is 10.3 Å². The summed E-state index contributed by atoms with van der Waals surface area (Å²) in [7, 11) is 1.55. The topological polar surface area (TPSA) is 82.5 Å². The summed E-state index contributed by atoms with van der Waals surface area (Å²) in [6.07, 6.45) is 0. The zero-order chi connectivity index (χ0) is 15.4. The lowest BCUT2D eigenvalue weighted by molar-refractivity contribution is 0.0691. The summed E-state index contributed by atoms with van der Waals surface area (Å²) in [5, 5.41) is 13.3. The number of aromatic carboxylic acids is 1. The highest BCUT2D eigenvalue weighted by atomic mass is 32.1. The third-order valence-corrected chi connectivity index (χ3v) is 3.53. The molecule has 1 aromatic heterocycles. The van der Waals surface area contributed by atoms with E-state index in [0.29, 0.717) is 10.7 Å². The van der Waals surface area contributed by atoms with E-state index in [0.717, 1.165) is 11.3 Å². The number of rotatable bonds is 4. The van der Waals surface area contributed by atoms with E-state index in [1.54, 1.807) is 7.05 Å². The monoisotopic (exact) mass is 309 g/mol. The molecule has 8 heteroatoms. The first-order valence-electron chi connectivity index (χ1n) is 5.92. The lowest BCUT2D eigenvalue weighted by atomic mass is 10.3. The fourth-order valence-electron chi connectivity index (χ4n) is 1.54. The van der Waals surface area contributed by atoms with Gasteiger partial charge in [-0.1, -0.05) is 0 Å². The SMILES string of the molecule is CN(C(=O)NCc1nc(C(=O)O)cs1)c1ccc(F)cc1. The molecule has 0 spiro atoms. The Labute approximate surface area is 123 Å². The third-order valence-electron chi connectivity index (χ3n) is 2.68. The van der Waals surface area contributed by atoms with Crippen LogP contribution in [-0.4, -0.2) is 29.1 Å². The summed E-state index contributed by atoms with van der Waals surface area (Å²) < 4.78 is 12.8. The largest absolute Gasteiger partial charge is 0.476 e. The highest BCUT2D eigenvalue weighted by Crippen LogP contribution is 2.14. The number of amides is 2. The van der Waals surface area contributed by atoms with Gasteiger partial charge in [-0.3, -0.25) is 4.90 Å². The minimum absolute atomic E-state index is 0.0452. The predicted octanol–water partition coefficient (Wildman–Crippen LogP) is 2.33. The lowest BCUT2D eigenvalue weighted by Gasteiger charge is -2.17. The molecular weight excluding hydrogens is 297 g/mol. The number of thiazole rings is 1. The van der Waals surface area contributed by atoms with Crippen LogP contribution >= 0.6 is 11.3 Å². The summed E-state index contributed by atoms with van der Waals surface area (Å²) in [4.78, 5) is 27.8. The molecule has 0 atom stereocenters. The Bertz CT molecular complexity index is 657. The number of hydrogen-bond acceptors (Lipinski definition) is 4. The van der Waals surface area contributed by atoms with Crippen molar-refractivity contribution >= 4 is 29.0 Å². The number of carboxylic acids is 1. The molecule has 0 aliphatic carbocycles. The van der Waals surface area contributed by atoms with Crippen molar-refractivity contribution in [3.05, 3.63) is 46.2 Å². The normalized spacial score (nSPS) is 10.2. The Morgan fingerprint density at radius 3 is 2.62 bits per heavy atom. The van der Waals surface area contributed by atoms with E-state index in [1.807, 2.05) is 0 Å². The molecule has 0 aliphatic heterocycles. The molecule has 110 valence electrons. The van der Waals surface area contributed by atoms with E-state index in [-0.39, 0.29) is 18.1 Å². The van der Waals surface area contributed by atoms with Crippen molar-refractivity contribution in [2.45, 2.75) is 6.54 Å². The second kappa shape index (κ2) is 6.31. The van der Waals surface area contributed by atoms with Crippen molar-refractivity contribution in [2.75, 3.05) is 11.9 Å². The number of nitrogens with one attached hydrogen (secondary N) is 1. The molecule has 0 fully saturated rings. The van der Waals surface area contributed by atoms with Gasteiger partial charge in [0, 0.05) is 18.1 Å². The molecule has 0 saturated heterocycles. The number of anilines is 1. The van der Waals surface area contributed by atoms with Gasteiger partial charge in [0.1, 0.15) is 10.8 Å². The Kier molecular flexibility index (Phi) is 4.49. The maximum Gasteiger partial charge on any atom is 0.355 e. The van der Waals surface area contributed by atoms with Crippen LogP contribution in [0.25, 0.3) is 0 Å². The molecule has 2 aromatic rings. The number of halogens is 1. The zero-order valence-corrected chi connectivity index (χ0v) is 11.9. The smallest absolute Gasteiger partial charge is 0.355 e. The van der Waals surface area contributed by atoms with Gasteiger partial charge in [0.15, 0.2) is 5.69 Å². The lowest BCUT2D eigenvalue weighted by Crippen LogP contribution is -2.36. The number of urea groups is 1. The standard InChI is InChI=1S/C13H12FN3O3S/c1-17(9-4-2-8(14)3-5-9)13(20)15-6-11-16-10(7-21-11)12(18)19/h2-5,7H,6H2,1H3,(H,15,20)(H,18,19). The van der Waals surface area contributed by atoms with E-state index in [9.17, 15) is 14.0 Å². The third kappa shape index (κ3) is 3.76. The molecule has 0 unspecified atom stereocenters. The number of carbonyl (C=O) groups excluding carboxylic acids is 1. The fourth-order valence-corrected chi connectivity index (χ4v) is 2.25. The summed E-state index contributed by atoms with van der Waals surface area (Å²) in [5.41, 5.74) is 0.496. The molecule has 1 heterocycles. The second-order valence-corrected chi connectivity index (χ2v) is 5.07. The highest BCUT2D eigenvalue weighted by molar-refractivity contribution is 7.09. The molecule has 0 radical (unpaired) electrons. The van der Waals surface area contributed by atoms with Crippen LogP contribution in [0.3, 0.4) is 0 Å². The molecular formula is C13H12FN3O3S. The molecule has 0 saturated carbocycles. The van der Waals surface area contributed by atoms with Crippen molar-refractivity contribution in [1.82, 2.24) is 10.3 Å². The van der Waals surface area contributed by atoms with Gasteiger partial charge in [-0.25, -0.2) is 19.0 Å². The number of benzene rings is 1.